The van der Waals surface area contributed by atoms with Crippen molar-refractivity contribution in [1.82, 2.24) is 10.2 Å². The van der Waals surface area contributed by atoms with Gasteiger partial charge >= 0.3 is 6.03 Å². The molecule has 1 heterocycles. The van der Waals surface area contributed by atoms with Gasteiger partial charge in [0.1, 0.15) is 18.2 Å². The third kappa shape index (κ3) is 4.74. The van der Waals surface area contributed by atoms with E-state index < -0.39 is 11.8 Å². The number of aromatic nitrogens is 2. The number of amides is 2. The summed E-state index contributed by atoms with van der Waals surface area (Å²) in [5.41, 5.74) is 1.24. The SMILES string of the molecule is Cc1ccc(OCc2nnc(NC(=O)Nc3ccccc3F)s2)cc1. The lowest BCUT2D eigenvalue weighted by molar-refractivity contribution is 0.262. The molecule has 0 aliphatic heterocycles. The van der Waals surface area contributed by atoms with Crippen molar-refractivity contribution in [3.05, 3.63) is 64.9 Å². The molecule has 2 amide bonds. The van der Waals surface area contributed by atoms with Gasteiger partial charge in [0, 0.05) is 0 Å². The number of hydrogen-bond donors (Lipinski definition) is 2. The fraction of sp³-hybridized carbons (Fsp3) is 0.118. The van der Waals surface area contributed by atoms with E-state index in [2.05, 4.69) is 20.8 Å². The largest absolute Gasteiger partial charge is 0.486 e. The van der Waals surface area contributed by atoms with Crippen molar-refractivity contribution in [2.75, 3.05) is 10.6 Å². The summed E-state index contributed by atoms with van der Waals surface area (Å²) in [4.78, 5) is 11.9. The summed E-state index contributed by atoms with van der Waals surface area (Å²) in [6.07, 6.45) is 0. The van der Waals surface area contributed by atoms with Gasteiger partial charge in [0.2, 0.25) is 5.13 Å². The molecule has 0 fully saturated rings. The molecule has 0 saturated heterocycles. The number of para-hydroxylation sites is 1. The second kappa shape index (κ2) is 7.71. The van der Waals surface area contributed by atoms with Crippen LogP contribution in [0, 0.1) is 12.7 Å². The Morgan fingerprint density at radius 2 is 1.88 bits per heavy atom. The minimum Gasteiger partial charge on any atom is -0.486 e. The first-order valence-electron chi connectivity index (χ1n) is 7.44. The van der Waals surface area contributed by atoms with Crippen LogP contribution in [-0.4, -0.2) is 16.2 Å². The highest BCUT2D eigenvalue weighted by molar-refractivity contribution is 7.15. The Kier molecular flexibility index (Phi) is 5.20. The van der Waals surface area contributed by atoms with Gasteiger partial charge in [-0.3, -0.25) is 5.32 Å². The number of ether oxygens (including phenoxy) is 1. The van der Waals surface area contributed by atoms with Gasteiger partial charge in [-0.15, -0.1) is 10.2 Å². The molecular weight excluding hydrogens is 343 g/mol. The van der Waals surface area contributed by atoms with Gasteiger partial charge in [0.15, 0.2) is 5.01 Å². The van der Waals surface area contributed by atoms with Crippen LogP contribution in [0.5, 0.6) is 5.75 Å². The molecule has 3 aromatic rings. The summed E-state index contributed by atoms with van der Waals surface area (Å²) in [5.74, 6) is 0.217. The van der Waals surface area contributed by atoms with Crippen LogP contribution in [0.3, 0.4) is 0 Å². The maximum absolute atomic E-state index is 13.5. The molecule has 0 aliphatic rings. The standard InChI is InChI=1S/C17H15FN4O2S/c1-11-6-8-12(9-7-11)24-10-15-21-22-17(25-15)20-16(23)19-14-5-3-2-4-13(14)18/h2-9H,10H2,1H3,(H2,19,20,22,23). The number of urea groups is 1. The smallest absolute Gasteiger partial charge is 0.325 e. The van der Waals surface area contributed by atoms with Crippen LogP contribution in [0.4, 0.5) is 20.0 Å². The number of anilines is 2. The van der Waals surface area contributed by atoms with E-state index in [1.807, 2.05) is 31.2 Å². The van der Waals surface area contributed by atoms with Gasteiger partial charge in [-0.2, -0.15) is 0 Å². The zero-order chi connectivity index (χ0) is 17.6. The van der Waals surface area contributed by atoms with Gasteiger partial charge in [-0.05, 0) is 31.2 Å². The second-order valence-electron chi connectivity index (χ2n) is 5.16. The average molecular weight is 358 g/mol. The Morgan fingerprint density at radius 1 is 1.12 bits per heavy atom. The van der Waals surface area contributed by atoms with E-state index in [1.165, 1.54) is 23.5 Å². The highest BCUT2D eigenvalue weighted by Crippen LogP contribution is 2.19. The van der Waals surface area contributed by atoms with Gasteiger partial charge in [0.25, 0.3) is 0 Å². The molecule has 2 N–H and O–H groups in total. The van der Waals surface area contributed by atoms with Gasteiger partial charge < -0.3 is 10.1 Å². The van der Waals surface area contributed by atoms with Crippen LogP contribution in [0.1, 0.15) is 10.6 Å². The van der Waals surface area contributed by atoms with E-state index in [4.69, 9.17) is 4.74 Å². The average Bonchev–Trinajstić information content (AvgIpc) is 3.04. The number of aryl methyl sites for hydroxylation is 1. The van der Waals surface area contributed by atoms with Crippen LogP contribution >= 0.6 is 11.3 Å². The highest BCUT2D eigenvalue weighted by atomic mass is 32.1. The van der Waals surface area contributed by atoms with Crippen LogP contribution in [-0.2, 0) is 6.61 Å². The van der Waals surface area contributed by atoms with E-state index in [9.17, 15) is 9.18 Å². The lowest BCUT2D eigenvalue weighted by Crippen LogP contribution is -2.19. The number of halogens is 1. The summed E-state index contributed by atoms with van der Waals surface area (Å²) in [5, 5.41) is 13.7. The van der Waals surface area contributed by atoms with Gasteiger partial charge in [0.05, 0.1) is 5.69 Å². The Bertz CT molecular complexity index is 867. The molecule has 128 valence electrons. The summed E-state index contributed by atoms with van der Waals surface area (Å²) in [6, 6.07) is 13.0. The first-order valence-corrected chi connectivity index (χ1v) is 8.26. The number of rotatable bonds is 5. The molecule has 0 atom stereocenters. The van der Waals surface area contributed by atoms with Crippen molar-refractivity contribution < 1.29 is 13.9 Å². The van der Waals surface area contributed by atoms with E-state index in [1.54, 1.807) is 12.1 Å². The fourth-order valence-electron chi connectivity index (χ4n) is 1.96. The van der Waals surface area contributed by atoms with Gasteiger partial charge in [-0.1, -0.05) is 41.2 Å². The molecule has 0 bridgehead atoms. The molecule has 25 heavy (non-hydrogen) atoms. The van der Waals surface area contributed by atoms with Crippen molar-refractivity contribution in [3.8, 4) is 5.75 Å². The number of hydrogen-bond acceptors (Lipinski definition) is 5. The number of nitrogens with zero attached hydrogens (tertiary/aromatic N) is 2. The molecule has 0 radical (unpaired) electrons. The maximum Gasteiger partial charge on any atom is 0.325 e. The quantitative estimate of drug-likeness (QED) is 0.716. The number of nitrogens with one attached hydrogen (secondary N) is 2. The predicted molar refractivity (Wildman–Crippen MR) is 94.5 cm³/mol. The number of carbonyl (C=O) groups is 1. The first-order chi connectivity index (χ1) is 12.1. The zero-order valence-corrected chi connectivity index (χ0v) is 14.1. The summed E-state index contributed by atoms with van der Waals surface area (Å²) >= 11 is 1.19. The third-order valence-electron chi connectivity index (χ3n) is 3.19. The summed E-state index contributed by atoms with van der Waals surface area (Å²) in [7, 11) is 0. The Labute approximate surface area is 147 Å². The Hall–Kier alpha value is -3.00. The first kappa shape index (κ1) is 16.8. The second-order valence-corrected chi connectivity index (χ2v) is 6.22. The molecule has 8 heteroatoms. The van der Waals surface area contributed by atoms with Crippen molar-refractivity contribution in [2.45, 2.75) is 13.5 Å². The van der Waals surface area contributed by atoms with E-state index in [0.717, 1.165) is 11.3 Å². The normalized spacial score (nSPS) is 10.3. The molecule has 2 aromatic carbocycles. The van der Waals surface area contributed by atoms with Crippen molar-refractivity contribution in [3.63, 3.8) is 0 Å². The molecule has 0 saturated carbocycles. The highest BCUT2D eigenvalue weighted by Gasteiger charge is 2.10. The van der Waals surface area contributed by atoms with Crippen molar-refractivity contribution in [1.29, 1.82) is 0 Å². The predicted octanol–water partition coefficient (Wildman–Crippen LogP) is 4.21. The third-order valence-corrected chi connectivity index (χ3v) is 4.00. The van der Waals surface area contributed by atoms with E-state index in [-0.39, 0.29) is 12.3 Å². The van der Waals surface area contributed by atoms with E-state index in [0.29, 0.717) is 10.1 Å². The maximum atomic E-state index is 13.5. The zero-order valence-electron chi connectivity index (χ0n) is 13.3. The lowest BCUT2D eigenvalue weighted by Gasteiger charge is -2.05. The molecule has 0 spiro atoms. The lowest BCUT2D eigenvalue weighted by atomic mass is 10.2. The molecule has 0 aliphatic carbocycles. The summed E-state index contributed by atoms with van der Waals surface area (Å²) < 4.78 is 19.1. The summed E-state index contributed by atoms with van der Waals surface area (Å²) in [6.45, 7) is 2.25. The molecule has 3 rings (SSSR count). The monoisotopic (exact) mass is 358 g/mol. The minimum absolute atomic E-state index is 0.0902. The topological polar surface area (TPSA) is 76.1 Å². The van der Waals surface area contributed by atoms with Crippen molar-refractivity contribution >= 4 is 28.2 Å². The molecule has 0 unspecified atom stereocenters. The number of benzene rings is 2. The number of carbonyl (C=O) groups excluding carboxylic acids is 1. The molecule has 1 aromatic heterocycles. The fourth-order valence-corrected chi connectivity index (χ4v) is 2.60. The van der Waals surface area contributed by atoms with Crippen molar-refractivity contribution in [2.24, 2.45) is 0 Å². The van der Waals surface area contributed by atoms with Crippen LogP contribution in [0.25, 0.3) is 0 Å². The minimum atomic E-state index is -0.591. The van der Waals surface area contributed by atoms with Crippen LogP contribution in [0.2, 0.25) is 0 Å². The van der Waals surface area contributed by atoms with Crippen LogP contribution in [0.15, 0.2) is 48.5 Å². The molecule has 6 nitrogen and oxygen atoms in total. The van der Waals surface area contributed by atoms with Crippen LogP contribution < -0.4 is 15.4 Å². The molecular formula is C17H15FN4O2S. The van der Waals surface area contributed by atoms with E-state index >= 15 is 0 Å². The Morgan fingerprint density at radius 3 is 2.64 bits per heavy atom. The Balaban J connectivity index is 1.53. The van der Waals surface area contributed by atoms with Gasteiger partial charge in [-0.25, -0.2) is 9.18 Å².